The highest BCUT2D eigenvalue weighted by Crippen LogP contribution is 2.28. The van der Waals surface area contributed by atoms with E-state index in [1.807, 2.05) is 66.7 Å². The maximum atomic E-state index is 12.1. The number of pyridine rings is 1. The first-order chi connectivity index (χ1) is 13.8. The van der Waals surface area contributed by atoms with E-state index in [9.17, 15) is 4.79 Å². The largest absolute Gasteiger partial charge is 0.465 e. The van der Waals surface area contributed by atoms with Crippen molar-refractivity contribution in [1.82, 2.24) is 14.8 Å². The number of methoxy groups -OCH3 is 1. The van der Waals surface area contributed by atoms with Crippen molar-refractivity contribution in [2.75, 3.05) is 12.4 Å². The predicted molar refractivity (Wildman–Crippen MR) is 108 cm³/mol. The van der Waals surface area contributed by atoms with Crippen molar-refractivity contribution >= 4 is 17.5 Å². The quantitative estimate of drug-likeness (QED) is 0.525. The first-order valence-electron chi connectivity index (χ1n) is 8.76. The second-order valence-corrected chi connectivity index (χ2v) is 6.07. The van der Waals surface area contributed by atoms with Crippen molar-refractivity contribution in [3.05, 3.63) is 90.8 Å². The molecule has 28 heavy (non-hydrogen) atoms. The second kappa shape index (κ2) is 7.75. The number of anilines is 2. The van der Waals surface area contributed by atoms with Crippen LogP contribution in [-0.2, 0) is 4.74 Å². The van der Waals surface area contributed by atoms with Gasteiger partial charge >= 0.3 is 5.97 Å². The van der Waals surface area contributed by atoms with Gasteiger partial charge in [-0.05, 0) is 18.2 Å². The molecular weight excluding hydrogens is 352 g/mol. The molecule has 2 heterocycles. The normalized spacial score (nSPS) is 10.5. The molecule has 4 rings (SSSR count). The van der Waals surface area contributed by atoms with Gasteiger partial charge in [0.05, 0.1) is 35.9 Å². The summed E-state index contributed by atoms with van der Waals surface area (Å²) in [4.78, 5) is 16.2. The third kappa shape index (κ3) is 3.48. The van der Waals surface area contributed by atoms with Crippen LogP contribution in [0.25, 0.3) is 16.9 Å². The molecule has 6 heteroatoms. The fourth-order valence-electron chi connectivity index (χ4n) is 2.91. The van der Waals surface area contributed by atoms with Gasteiger partial charge < -0.3 is 10.1 Å². The average molecular weight is 370 g/mol. The number of benzene rings is 2. The minimum Gasteiger partial charge on any atom is -0.465 e. The van der Waals surface area contributed by atoms with Crippen molar-refractivity contribution in [2.24, 2.45) is 0 Å². The molecule has 0 saturated carbocycles. The molecular formula is C22H18N4O2. The molecule has 0 aliphatic rings. The number of hydrogen-bond acceptors (Lipinski definition) is 5. The lowest BCUT2D eigenvalue weighted by Gasteiger charge is -2.12. The van der Waals surface area contributed by atoms with Gasteiger partial charge in [0, 0.05) is 17.8 Å². The Bertz CT molecular complexity index is 1090. The van der Waals surface area contributed by atoms with E-state index in [0.717, 1.165) is 16.9 Å². The maximum Gasteiger partial charge on any atom is 0.340 e. The van der Waals surface area contributed by atoms with Crippen LogP contribution in [0.15, 0.2) is 85.2 Å². The third-order valence-electron chi connectivity index (χ3n) is 4.27. The van der Waals surface area contributed by atoms with Gasteiger partial charge in [-0.3, -0.25) is 4.98 Å². The van der Waals surface area contributed by atoms with Crippen LogP contribution < -0.4 is 5.32 Å². The van der Waals surface area contributed by atoms with Crippen molar-refractivity contribution < 1.29 is 9.53 Å². The van der Waals surface area contributed by atoms with E-state index in [2.05, 4.69) is 10.3 Å². The van der Waals surface area contributed by atoms with Gasteiger partial charge in [-0.25, -0.2) is 9.48 Å². The van der Waals surface area contributed by atoms with Crippen LogP contribution in [0, 0.1) is 0 Å². The molecule has 0 bridgehead atoms. The zero-order chi connectivity index (χ0) is 19.3. The first kappa shape index (κ1) is 17.5. The van der Waals surface area contributed by atoms with E-state index < -0.39 is 5.97 Å². The summed E-state index contributed by atoms with van der Waals surface area (Å²) < 4.78 is 6.68. The summed E-state index contributed by atoms with van der Waals surface area (Å²) in [6, 6.07) is 23.3. The fourth-order valence-corrected chi connectivity index (χ4v) is 2.91. The topological polar surface area (TPSA) is 69.0 Å². The predicted octanol–water partition coefficient (Wildman–Crippen LogP) is 4.46. The van der Waals surface area contributed by atoms with Gasteiger partial charge in [0.15, 0.2) is 0 Å². The molecule has 0 aliphatic heterocycles. The van der Waals surface area contributed by atoms with Gasteiger partial charge in [0.1, 0.15) is 5.82 Å². The molecule has 0 spiro atoms. The Morgan fingerprint density at radius 2 is 1.71 bits per heavy atom. The molecule has 0 amide bonds. The monoisotopic (exact) mass is 370 g/mol. The Balaban J connectivity index is 1.80. The average Bonchev–Trinajstić information content (AvgIpc) is 3.18. The van der Waals surface area contributed by atoms with Crippen LogP contribution in [0.2, 0.25) is 0 Å². The molecule has 0 aliphatic carbocycles. The second-order valence-electron chi connectivity index (χ2n) is 6.07. The molecule has 0 atom stereocenters. The van der Waals surface area contributed by atoms with Crippen LogP contribution in [0.4, 0.5) is 11.5 Å². The standard InChI is InChI=1S/C22H18N4O2/c1-28-22(27)18-12-13-23-15-20(18)24-21-14-19(16-8-4-2-5-9-16)25-26(21)17-10-6-3-7-11-17/h2-15,24H,1H3. The molecule has 2 aromatic carbocycles. The highest BCUT2D eigenvalue weighted by molar-refractivity contribution is 5.96. The fraction of sp³-hybridized carbons (Fsp3) is 0.0455. The van der Waals surface area contributed by atoms with E-state index in [4.69, 9.17) is 9.84 Å². The molecule has 0 saturated heterocycles. The number of carbonyl (C=O) groups excluding carboxylic acids is 1. The van der Waals surface area contributed by atoms with E-state index in [1.165, 1.54) is 7.11 Å². The summed E-state index contributed by atoms with van der Waals surface area (Å²) in [5.74, 6) is 0.280. The molecule has 138 valence electrons. The van der Waals surface area contributed by atoms with Gasteiger partial charge in [-0.15, -0.1) is 0 Å². The molecule has 0 fully saturated rings. The van der Waals surface area contributed by atoms with Crippen molar-refractivity contribution in [3.63, 3.8) is 0 Å². The molecule has 1 N–H and O–H groups in total. The van der Waals surface area contributed by atoms with Gasteiger partial charge in [0.2, 0.25) is 0 Å². The number of nitrogens with one attached hydrogen (secondary N) is 1. The van der Waals surface area contributed by atoms with Crippen LogP contribution in [-0.4, -0.2) is 27.8 Å². The molecule has 4 aromatic rings. The Hall–Kier alpha value is -3.93. The highest BCUT2D eigenvalue weighted by Gasteiger charge is 2.16. The number of ether oxygens (including phenoxy) is 1. The number of aromatic nitrogens is 3. The number of rotatable bonds is 5. The summed E-state index contributed by atoms with van der Waals surface area (Å²) in [6.07, 6.45) is 3.15. The summed E-state index contributed by atoms with van der Waals surface area (Å²) >= 11 is 0. The summed E-state index contributed by atoms with van der Waals surface area (Å²) in [5, 5.41) is 8.04. The van der Waals surface area contributed by atoms with Crippen LogP contribution in [0.1, 0.15) is 10.4 Å². The Kier molecular flexibility index (Phi) is 4.84. The van der Waals surface area contributed by atoms with Crippen LogP contribution >= 0.6 is 0 Å². The Morgan fingerprint density at radius 3 is 2.43 bits per heavy atom. The smallest absolute Gasteiger partial charge is 0.340 e. The number of nitrogens with zero attached hydrogens (tertiary/aromatic N) is 3. The lowest BCUT2D eigenvalue weighted by atomic mass is 10.1. The number of para-hydroxylation sites is 1. The number of carbonyl (C=O) groups is 1. The van der Waals surface area contributed by atoms with Gasteiger partial charge in [-0.2, -0.15) is 5.10 Å². The Labute approximate surface area is 162 Å². The SMILES string of the molecule is COC(=O)c1ccncc1Nc1cc(-c2ccccc2)nn1-c1ccccc1. The zero-order valence-corrected chi connectivity index (χ0v) is 15.2. The van der Waals surface area contributed by atoms with Gasteiger partial charge in [-0.1, -0.05) is 48.5 Å². The lowest BCUT2D eigenvalue weighted by Crippen LogP contribution is -2.08. The van der Waals surface area contributed by atoms with Gasteiger partial charge in [0.25, 0.3) is 0 Å². The minimum absolute atomic E-state index is 0.402. The van der Waals surface area contributed by atoms with Crippen LogP contribution in [0.5, 0.6) is 0 Å². The highest BCUT2D eigenvalue weighted by atomic mass is 16.5. The zero-order valence-electron chi connectivity index (χ0n) is 15.2. The number of esters is 1. The van der Waals surface area contributed by atoms with Crippen molar-refractivity contribution in [3.8, 4) is 16.9 Å². The van der Waals surface area contributed by atoms with E-state index in [1.54, 1.807) is 23.1 Å². The first-order valence-corrected chi connectivity index (χ1v) is 8.76. The van der Waals surface area contributed by atoms with Crippen molar-refractivity contribution in [2.45, 2.75) is 0 Å². The molecule has 0 radical (unpaired) electrons. The van der Waals surface area contributed by atoms with Crippen molar-refractivity contribution in [1.29, 1.82) is 0 Å². The van der Waals surface area contributed by atoms with Crippen LogP contribution in [0.3, 0.4) is 0 Å². The maximum absolute atomic E-state index is 12.1. The number of hydrogen-bond donors (Lipinski definition) is 1. The van der Waals surface area contributed by atoms with E-state index >= 15 is 0 Å². The molecule has 2 aromatic heterocycles. The lowest BCUT2D eigenvalue weighted by molar-refractivity contribution is 0.0602. The summed E-state index contributed by atoms with van der Waals surface area (Å²) in [7, 11) is 1.36. The Morgan fingerprint density at radius 1 is 1.00 bits per heavy atom. The molecule has 6 nitrogen and oxygen atoms in total. The minimum atomic E-state index is -0.432. The third-order valence-corrected chi connectivity index (χ3v) is 4.27. The van der Waals surface area contributed by atoms with E-state index in [-0.39, 0.29) is 0 Å². The summed E-state index contributed by atoms with van der Waals surface area (Å²) in [6.45, 7) is 0. The summed E-state index contributed by atoms with van der Waals surface area (Å²) in [5.41, 5.74) is 3.66. The molecule has 0 unspecified atom stereocenters. The van der Waals surface area contributed by atoms with E-state index in [0.29, 0.717) is 17.1 Å².